The number of aryl methyl sites for hydroxylation is 1. The minimum absolute atomic E-state index is 0.126. The number of ether oxygens (including phenoxy) is 1. The zero-order chi connectivity index (χ0) is 17.6. The molecule has 0 saturated heterocycles. The van der Waals surface area contributed by atoms with Gasteiger partial charge in [-0.05, 0) is 36.8 Å². The molecule has 0 unspecified atom stereocenters. The highest BCUT2D eigenvalue weighted by Crippen LogP contribution is 2.36. The molecule has 0 aliphatic carbocycles. The Bertz CT molecular complexity index is 912. The highest BCUT2D eigenvalue weighted by atomic mass is 32.1. The van der Waals surface area contributed by atoms with Crippen LogP contribution in [0.25, 0.3) is 0 Å². The van der Waals surface area contributed by atoms with E-state index in [1.807, 2.05) is 37.3 Å². The number of nitriles is 1. The molecule has 1 heterocycles. The molecule has 25 heavy (non-hydrogen) atoms. The number of carbonyl (C=O) groups excluding carboxylic acids is 1. The lowest BCUT2D eigenvalue weighted by Gasteiger charge is -2.08. The second-order valence-corrected chi connectivity index (χ2v) is 6.12. The molecular formula is C19H15N3O2S. The van der Waals surface area contributed by atoms with Gasteiger partial charge < -0.3 is 10.1 Å². The van der Waals surface area contributed by atoms with Crippen LogP contribution in [0.2, 0.25) is 0 Å². The highest BCUT2D eigenvalue weighted by Gasteiger charge is 2.16. The van der Waals surface area contributed by atoms with Crippen molar-refractivity contribution in [3.05, 3.63) is 71.4 Å². The SMILES string of the molecule is Cc1nsc(Oc2ccc(C#N)cc2)c1NC(=O)Cc1ccccc1. The van der Waals surface area contributed by atoms with Gasteiger partial charge in [-0.1, -0.05) is 30.3 Å². The second kappa shape index (κ2) is 7.60. The van der Waals surface area contributed by atoms with Crippen LogP contribution in [0.15, 0.2) is 54.6 Å². The van der Waals surface area contributed by atoms with Crippen molar-refractivity contribution in [3.8, 4) is 16.9 Å². The van der Waals surface area contributed by atoms with Gasteiger partial charge in [0.15, 0.2) is 0 Å². The third kappa shape index (κ3) is 4.22. The van der Waals surface area contributed by atoms with Gasteiger partial charge in [0.1, 0.15) is 11.4 Å². The van der Waals surface area contributed by atoms with Crippen molar-refractivity contribution in [1.29, 1.82) is 5.26 Å². The molecule has 2 aromatic carbocycles. The van der Waals surface area contributed by atoms with Crippen LogP contribution in [0.4, 0.5) is 5.69 Å². The van der Waals surface area contributed by atoms with Crippen LogP contribution in [0.1, 0.15) is 16.8 Å². The molecule has 3 aromatic rings. The Morgan fingerprint density at radius 3 is 2.60 bits per heavy atom. The summed E-state index contributed by atoms with van der Waals surface area (Å²) in [7, 11) is 0. The number of nitrogens with one attached hydrogen (secondary N) is 1. The Hall–Kier alpha value is -3.17. The molecule has 0 saturated carbocycles. The first kappa shape index (κ1) is 16.7. The lowest BCUT2D eigenvalue weighted by atomic mass is 10.1. The summed E-state index contributed by atoms with van der Waals surface area (Å²) in [5, 5.41) is 12.2. The number of carbonyl (C=O) groups is 1. The maximum absolute atomic E-state index is 12.3. The lowest BCUT2D eigenvalue weighted by molar-refractivity contribution is -0.115. The first-order chi connectivity index (χ1) is 12.2. The second-order valence-electron chi connectivity index (χ2n) is 5.38. The van der Waals surface area contributed by atoms with Gasteiger partial charge >= 0.3 is 0 Å². The highest BCUT2D eigenvalue weighted by molar-refractivity contribution is 7.08. The van der Waals surface area contributed by atoms with Crippen molar-refractivity contribution in [2.45, 2.75) is 13.3 Å². The summed E-state index contributed by atoms with van der Waals surface area (Å²) in [6.07, 6.45) is 0.284. The average Bonchev–Trinajstić information content (AvgIpc) is 2.96. The standard InChI is InChI=1S/C19H15N3O2S/c1-13-18(21-17(23)11-14-5-3-2-4-6-14)19(25-22-13)24-16-9-7-15(12-20)8-10-16/h2-10H,11H2,1H3,(H,21,23). The smallest absolute Gasteiger partial charge is 0.228 e. The summed E-state index contributed by atoms with van der Waals surface area (Å²) >= 11 is 1.18. The van der Waals surface area contributed by atoms with Gasteiger partial charge in [-0.3, -0.25) is 4.79 Å². The van der Waals surface area contributed by atoms with E-state index in [0.717, 1.165) is 5.56 Å². The molecule has 1 amide bonds. The van der Waals surface area contributed by atoms with E-state index in [0.29, 0.717) is 27.8 Å². The van der Waals surface area contributed by atoms with Crippen LogP contribution in [-0.4, -0.2) is 10.3 Å². The van der Waals surface area contributed by atoms with E-state index in [1.54, 1.807) is 24.3 Å². The summed E-state index contributed by atoms with van der Waals surface area (Å²) in [6.45, 7) is 1.82. The number of hydrogen-bond acceptors (Lipinski definition) is 5. The third-order valence-electron chi connectivity index (χ3n) is 3.50. The Morgan fingerprint density at radius 2 is 1.92 bits per heavy atom. The number of benzene rings is 2. The minimum Gasteiger partial charge on any atom is -0.443 e. The van der Waals surface area contributed by atoms with Gasteiger partial charge in [0.2, 0.25) is 11.0 Å². The first-order valence-corrected chi connectivity index (χ1v) is 8.41. The van der Waals surface area contributed by atoms with Crippen LogP contribution in [0.5, 0.6) is 10.8 Å². The number of hydrogen-bond donors (Lipinski definition) is 1. The summed E-state index contributed by atoms with van der Waals surface area (Å²) < 4.78 is 10.1. The predicted molar refractivity (Wildman–Crippen MR) is 96.9 cm³/mol. The first-order valence-electron chi connectivity index (χ1n) is 7.64. The molecule has 0 aliphatic heterocycles. The van der Waals surface area contributed by atoms with Gasteiger partial charge in [-0.2, -0.15) is 9.64 Å². The van der Waals surface area contributed by atoms with E-state index in [4.69, 9.17) is 10.00 Å². The number of rotatable bonds is 5. The number of amides is 1. The van der Waals surface area contributed by atoms with Gasteiger partial charge in [-0.15, -0.1) is 0 Å². The molecule has 0 spiro atoms. The Morgan fingerprint density at radius 1 is 1.20 bits per heavy atom. The molecular weight excluding hydrogens is 334 g/mol. The summed E-state index contributed by atoms with van der Waals surface area (Å²) in [6, 6.07) is 18.4. The van der Waals surface area contributed by atoms with Gasteiger partial charge in [0.05, 0.1) is 23.7 Å². The molecule has 3 rings (SSSR count). The van der Waals surface area contributed by atoms with Crippen LogP contribution in [0, 0.1) is 18.3 Å². The minimum atomic E-state index is -0.126. The molecule has 0 fully saturated rings. The fourth-order valence-corrected chi connectivity index (χ4v) is 2.96. The van der Waals surface area contributed by atoms with E-state index in [1.165, 1.54) is 11.5 Å². The number of anilines is 1. The van der Waals surface area contributed by atoms with Crippen molar-refractivity contribution >= 4 is 23.1 Å². The largest absolute Gasteiger partial charge is 0.443 e. The van der Waals surface area contributed by atoms with Crippen molar-refractivity contribution in [2.24, 2.45) is 0 Å². The number of nitrogens with zero attached hydrogens (tertiary/aromatic N) is 2. The Labute approximate surface area is 149 Å². The van der Waals surface area contributed by atoms with Crippen molar-refractivity contribution < 1.29 is 9.53 Å². The summed E-state index contributed by atoms with van der Waals surface area (Å²) in [4.78, 5) is 12.3. The maximum Gasteiger partial charge on any atom is 0.228 e. The van der Waals surface area contributed by atoms with Crippen LogP contribution in [0.3, 0.4) is 0 Å². The van der Waals surface area contributed by atoms with Gasteiger partial charge in [-0.25, -0.2) is 0 Å². The normalized spacial score (nSPS) is 10.1. The molecule has 1 aromatic heterocycles. The van der Waals surface area contributed by atoms with Gasteiger partial charge in [0, 0.05) is 11.5 Å². The fraction of sp³-hybridized carbons (Fsp3) is 0.105. The maximum atomic E-state index is 12.3. The summed E-state index contributed by atoms with van der Waals surface area (Å²) in [5.74, 6) is 0.459. The van der Waals surface area contributed by atoms with Crippen molar-refractivity contribution in [2.75, 3.05) is 5.32 Å². The Kier molecular flexibility index (Phi) is 5.07. The molecule has 0 bridgehead atoms. The van der Waals surface area contributed by atoms with Gasteiger partial charge in [0.25, 0.3) is 0 Å². The van der Waals surface area contributed by atoms with E-state index >= 15 is 0 Å². The average molecular weight is 349 g/mol. The van der Waals surface area contributed by atoms with Crippen molar-refractivity contribution in [3.63, 3.8) is 0 Å². The van der Waals surface area contributed by atoms with Crippen LogP contribution in [-0.2, 0) is 11.2 Å². The quantitative estimate of drug-likeness (QED) is 0.745. The van der Waals surface area contributed by atoms with E-state index in [2.05, 4.69) is 15.8 Å². The lowest BCUT2D eigenvalue weighted by Crippen LogP contribution is -2.15. The molecule has 1 N–H and O–H groups in total. The zero-order valence-electron chi connectivity index (χ0n) is 13.5. The predicted octanol–water partition coefficient (Wildman–Crippen LogP) is 4.30. The zero-order valence-corrected chi connectivity index (χ0v) is 14.3. The topological polar surface area (TPSA) is 75.0 Å². The molecule has 5 nitrogen and oxygen atoms in total. The summed E-state index contributed by atoms with van der Waals surface area (Å²) in [5.41, 5.74) is 2.78. The number of aromatic nitrogens is 1. The molecule has 0 aliphatic rings. The van der Waals surface area contributed by atoms with E-state index in [-0.39, 0.29) is 12.3 Å². The monoisotopic (exact) mass is 349 g/mol. The van der Waals surface area contributed by atoms with Crippen LogP contribution < -0.4 is 10.1 Å². The molecule has 0 atom stereocenters. The van der Waals surface area contributed by atoms with Crippen molar-refractivity contribution in [1.82, 2.24) is 4.37 Å². The van der Waals surface area contributed by atoms with E-state index in [9.17, 15) is 4.79 Å². The third-order valence-corrected chi connectivity index (χ3v) is 4.32. The fourth-order valence-electron chi connectivity index (χ4n) is 2.23. The molecule has 0 radical (unpaired) electrons. The van der Waals surface area contributed by atoms with Crippen LogP contribution >= 0.6 is 11.5 Å². The molecule has 6 heteroatoms. The Balaban J connectivity index is 1.72. The van der Waals surface area contributed by atoms with E-state index < -0.39 is 0 Å². The molecule has 124 valence electrons.